The zero-order valence-corrected chi connectivity index (χ0v) is 19.2. The number of fused-ring (bicyclic) bond motifs is 2. The van der Waals surface area contributed by atoms with Crippen molar-refractivity contribution in [3.63, 3.8) is 0 Å². The summed E-state index contributed by atoms with van der Waals surface area (Å²) in [4.78, 5) is 27.4. The predicted molar refractivity (Wildman–Crippen MR) is 130 cm³/mol. The van der Waals surface area contributed by atoms with E-state index < -0.39 is 34.8 Å². The zero-order valence-electron chi connectivity index (χ0n) is 19.2. The highest BCUT2D eigenvalue weighted by molar-refractivity contribution is 6.07. The summed E-state index contributed by atoms with van der Waals surface area (Å²) in [5.74, 6) is -1.48. The molecule has 0 unspecified atom stereocenters. The van der Waals surface area contributed by atoms with Crippen LogP contribution in [0.2, 0.25) is 0 Å². The summed E-state index contributed by atoms with van der Waals surface area (Å²) in [7, 11) is 0. The lowest BCUT2D eigenvalue weighted by atomic mass is 10.0. The standard InChI is InChI=1S/C27H24F3N3O3/c28-27(29,30)25-22(26(35)31-19-11-9-18(10-12-19)17-5-2-1-3-6-17)7-4-8-23(25)32-24(34)15-33-14-21-13-20(33)16-36-21/h1-12,20-21H,13-16H2,(H,31,35)(H,32,34)/t20-,21-/m0/s1. The molecule has 0 radical (unpaired) electrons. The van der Waals surface area contributed by atoms with Gasteiger partial charge < -0.3 is 15.4 Å². The highest BCUT2D eigenvalue weighted by atomic mass is 19.4. The second kappa shape index (κ2) is 9.75. The van der Waals surface area contributed by atoms with Crippen molar-refractivity contribution in [2.24, 2.45) is 0 Å². The van der Waals surface area contributed by atoms with Gasteiger partial charge in [0.1, 0.15) is 0 Å². The monoisotopic (exact) mass is 495 g/mol. The number of anilines is 2. The van der Waals surface area contributed by atoms with Gasteiger partial charge in [0.2, 0.25) is 5.91 Å². The lowest BCUT2D eigenvalue weighted by Crippen LogP contribution is -2.42. The minimum Gasteiger partial charge on any atom is -0.375 e. The Morgan fingerprint density at radius 1 is 0.917 bits per heavy atom. The number of carbonyl (C=O) groups is 2. The van der Waals surface area contributed by atoms with Crippen LogP contribution >= 0.6 is 0 Å². The van der Waals surface area contributed by atoms with E-state index in [1.807, 2.05) is 35.2 Å². The van der Waals surface area contributed by atoms with E-state index in [2.05, 4.69) is 10.6 Å². The number of nitrogens with one attached hydrogen (secondary N) is 2. The van der Waals surface area contributed by atoms with Crippen molar-refractivity contribution in [1.29, 1.82) is 0 Å². The lowest BCUT2D eigenvalue weighted by Gasteiger charge is -2.26. The molecule has 2 aliphatic heterocycles. The third-order valence-corrected chi connectivity index (χ3v) is 6.48. The molecule has 0 aromatic heterocycles. The number of alkyl halides is 3. The summed E-state index contributed by atoms with van der Waals surface area (Å²) in [6, 6.07) is 20.1. The van der Waals surface area contributed by atoms with Crippen LogP contribution in [0, 0.1) is 0 Å². The Labute approximate surface area is 206 Å². The van der Waals surface area contributed by atoms with E-state index >= 15 is 0 Å². The average molecular weight is 496 g/mol. The molecule has 186 valence electrons. The van der Waals surface area contributed by atoms with Gasteiger partial charge in [0.15, 0.2) is 0 Å². The molecule has 2 bridgehead atoms. The summed E-state index contributed by atoms with van der Waals surface area (Å²) in [6.07, 6.45) is -3.96. The first kappa shape index (κ1) is 24.0. The Balaban J connectivity index is 1.33. The normalized spacial score (nSPS) is 19.3. The van der Waals surface area contributed by atoms with Crippen LogP contribution in [0.5, 0.6) is 0 Å². The molecule has 3 aromatic carbocycles. The first-order chi connectivity index (χ1) is 17.3. The molecule has 3 aromatic rings. The largest absolute Gasteiger partial charge is 0.419 e. The lowest BCUT2D eigenvalue weighted by molar-refractivity contribution is -0.137. The molecule has 2 saturated heterocycles. The fourth-order valence-electron chi connectivity index (χ4n) is 4.77. The molecule has 2 atom stereocenters. The minimum absolute atomic E-state index is 0.0357. The summed E-state index contributed by atoms with van der Waals surface area (Å²) in [5.41, 5.74) is 0.0531. The maximum absolute atomic E-state index is 14.1. The fraction of sp³-hybridized carbons (Fsp3) is 0.259. The SMILES string of the molecule is O=C(CN1C[C@@H]2C[C@H]1CO2)Nc1cccc(C(=O)Nc2ccc(-c3ccccc3)cc2)c1C(F)(F)F. The molecular formula is C27H24F3N3O3. The van der Waals surface area contributed by atoms with Gasteiger partial charge in [-0.05, 0) is 41.8 Å². The predicted octanol–water partition coefficient (Wildman–Crippen LogP) is 5.04. The Bertz CT molecular complexity index is 1260. The second-order valence-corrected chi connectivity index (χ2v) is 8.95. The number of nitrogens with zero attached hydrogens (tertiary/aromatic N) is 1. The van der Waals surface area contributed by atoms with E-state index in [1.54, 1.807) is 24.3 Å². The van der Waals surface area contributed by atoms with Crippen LogP contribution in [0.1, 0.15) is 22.3 Å². The van der Waals surface area contributed by atoms with Crippen molar-refractivity contribution in [2.45, 2.75) is 24.7 Å². The molecular weight excluding hydrogens is 471 g/mol. The van der Waals surface area contributed by atoms with Gasteiger partial charge in [0, 0.05) is 18.3 Å². The number of carbonyl (C=O) groups excluding carboxylic acids is 2. The van der Waals surface area contributed by atoms with Gasteiger partial charge in [-0.15, -0.1) is 0 Å². The number of likely N-dealkylation sites (tertiary alicyclic amines) is 1. The highest BCUT2D eigenvalue weighted by Crippen LogP contribution is 2.38. The van der Waals surface area contributed by atoms with Crippen molar-refractivity contribution in [3.05, 3.63) is 83.9 Å². The Morgan fingerprint density at radius 3 is 2.28 bits per heavy atom. The summed E-state index contributed by atoms with van der Waals surface area (Å²) in [5, 5.41) is 4.90. The number of benzene rings is 3. The Kier molecular flexibility index (Phi) is 6.51. The average Bonchev–Trinajstić information content (AvgIpc) is 3.47. The van der Waals surface area contributed by atoms with Gasteiger partial charge >= 0.3 is 6.18 Å². The Hall–Kier alpha value is -3.69. The van der Waals surface area contributed by atoms with E-state index in [4.69, 9.17) is 4.74 Å². The molecule has 2 N–H and O–H groups in total. The van der Waals surface area contributed by atoms with E-state index in [0.717, 1.165) is 29.7 Å². The van der Waals surface area contributed by atoms with Crippen LogP contribution in [-0.4, -0.2) is 48.6 Å². The van der Waals surface area contributed by atoms with Gasteiger partial charge in [-0.25, -0.2) is 0 Å². The van der Waals surface area contributed by atoms with Gasteiger partial charge in [-0.1, -0.05) is 48.5 Å². The summed E-state index contributed by atoms with van der Waals surface area (Å²) in [6.45, 7) is 1.06. The van der Waals surface area contributed by atoms with Crippen molar-refractivity contribution in [3.8, 4) is 11.1 Å². The summed E-state index contributed by atoms with van der Waals surface area (Å²) >= 11 is 0. The van der Waals surface area contributed by atoms with Crippen LogP contribution in [0.25, 0.3) is 11.1 Å². The van der Waals surface area contributed by atoms with Crippen molar-refractivity contribution < 1.29 is 27.5 Å². The van der Waals surface area contributed by atoms with E-state index in [9.17, 15) is 22.8 Å². The molecule has 5 rings (SSSR count). The third-order valence-electron chi connectivity index (χ3n) is 6.48. The topological polar surface area (TPSA) is 70.7 Å². The highest BCUT2D eigenvalue weighted by Gasteiger charge is 2.41. The molecule has 9 heteroatoms. The van der Waals surface area contributed by atoms with Gasteiger partial charge in [-0.2, -0.15) is 13.2 Å². The van der Waals surface area contributed by atoms with Crippen LogP contribution < -0.4 is 10.6 Å². The van der Waals surface area contributed by atoms with Crippen LogP contribution in [0.3, 0.4) is 0 Å². The molecule has 2 heterocycles. The van der Waals surface area contributed by atoms with E-state index in [-0.39, 0.29) is 18.7 Å². The maximum atomic E-state index is 14.1. The maximum Gasteiger partial charge on any atom is 0.419 e. The fourth-order valence-corrected chi connectivity index (χ4v) is 4.77. The molecule has 0 aliphatic carbocycles. The molecule has 0 saturated carbocycles. The summed E-state index contributed by atoms with van der Waals surface area (Å²) < 4.78 is 47.7. The smallest absolute Gasteiger partial charge is 0.375 e. The van der Waals surface area contributed by atoms with E-state index in [0.29, 0.717) is 18.8 Å². The number of rotatable bonds is 6. The molecule has 2 amide bonds. The van der Waals surface area contributed by atoms with Gasteiger partial charge in [0.05, 0.1) is 36.1 Å². The minimum atomic E-state index is -4.85. The number of ether oxygens (including phenoxy) is 1. The zero-order chi connectivity index (χ0) is 25.3. The molecule has 2 aliphatic rings. The van der Waals surface area contributed by atoms with E-state index in [1.165, 1.54) is 6.07 Å². The number of halogens is 3. The van der Waals surface area contributed by atoms with Gasteiger partial charge in [0.25, 0.3) is 5.91 Å². The number of amides is 2. The van der Waals surface area contributed by atoms with Gasteiger partial charge in [-0.3, -0.25) is 14.5 Å². The van der Waals surface area contributed by atoms with Crippen LogP contribution in [0.15, 0.2) is 72.8 Å². The number of hydrogen-bond acceptors (Lipinski definition) is 4. The molecule has 2 fully saturated rings. The number of hydrogen-bond donors (Lipinski definition) is 2. The first-order valence-corrected chi connectivity index (χ1v) is 11.6. The first-order valence-electron chi connectivity index (χ1n) is 11.6. The number of morpholine rings is 1. The quantitative estimate of drug-likeness (QED) is 0.503. The molecule has 36 heavy (non-hydrogen) atoms. The van der Waals surface area contributed by atoms with Crippen LogP contribution in [0.4, 0.5) is 24.5 Å². The molecule has 6 nitrogen and oxygen atoms in total. The molecule has 0 spiro atoms. The Morgan fingerprint density at radius 2 is 1.64 bits per heavy atom. The van der Waals surface area contributed by atoms with Crippen molar-refractivity contribution >= 4 is 23.2 Å². The van der Waals surface area contributed by atoms with Crippen molar-refractivity contribution in [1.82, 2.24) is 4.90 Å². The van der Waals surface area contributed by atoms with Crippen LogP contribution in [-0.2, 0) is 15.7 Å². The third kappa shape index (κ3) is 5.12. The van der Waals surface area contributed by atoms with Crippen molar-refractivity contribution in [2.75, 3.05) is 30.3 Å². The second-order valence-electron chi connectivity index (χ2n) is 8.95.